The molecule has 0 saturated carbocycles. The molecule has 5 nitrogen and oxygen atoms in total. The molecule has 7 heteroatoms. The van der Waals surface area contributed by atoms with Crippen molar-refractivity contribution in [1.29, 1.82) is 0 Å². The van der Waals surface area contributed by atoms with Crippen molar-refractivity contribution in [3.63, 3.8) is 0 Å². The molecule has 22 heavy (non-hydrogen) atoms. The molecule has 2 rings (SSSR count). The van der Waals surface area contributed by atoms with Crippen molar-refractivity contribution in [1.82, 2.24) is 15.2 Å². The van der Waals surface area contributed by atoms with Crippen molar-refractivity contribution >= 4 is 27.5 Å². The van der Waals surface area contributed by atoms with Crippen LogP contribution in [-0.2, 0) is 11.3 Å². The van der Waals surface area contributed by atoms with Crippen molar-refractivity contribution in [2.75, 3.05) is 0 Å². The van der Waals surface area contributed by atoms with E-state index in [4.69, 9.17) is 0 Å². The van der Waals surface area contributed by atoms with E-state index in [9.17, 15) is 9.18 Å². The quantitative estimate of drug-likeness (QED) is 0.667. The molecule has 1 heterocycles. The zero-order valence-corrected chi connectivity index (χ0v) is 14.1. The van der Waals surface area contributed by atoms with Gasteiger partial charge in [0.15, 0.2) is 0 Å². The van der Waals surface area contributed by atoms with Crippen LogP contribution in [0.5, 0.6) is 0 Å². The van der Waals surface area contributed by atoms with Gasteiger partial charge in [0.1, 0.15) is 12.4 Å². The van der Waals surface area contributed by atoms with E-state index in [1.54, 1.807) is 23.7 Å². The van der Waals surface area contributed by atoms with Gasteiger partial charge < -0.3 is 0 Å². The highest BCUT2D eigenvalue weighted by Gasteiger charge is 2.11. The number of nitrogens with zero attached hydrogens (tertiary/aromatic N) is 3. The topological polar surface area (TPSA) is 59.3 Å². The molecule has 0 fully saturated rings. The van der Waals surface area contributed by atoms with Crippen LogP contribution in [-0.4, -0.2) is 21.4 Å². The average molecular weight is 367 g/mol. The Morgan fingerprint density at radius 3 is 2.55 bits per heavy atom. The second-order valence-electron chi connectivity index (χ2n) is 4.88. The number of benzene rings is 1. The molecule has 0 aliphatic rings. The molecule has 1 amide bonds. The van der Waals surface area contributed by atoms with Crippen LogP contribution in [0.2, 0.25) is 0 Å². The number of nitrogens with one attached hydrogen (secondary N) is 1. The minimum atomic E-state index is -0.310. The molecule has 0 saturated heterocycles. The van der Waals surface area contributed by atoms with Crippen LogP contribution in [0, 0.1) is 19.7 Å². The Morgan fingerprint density at radius 1 is 1.36 bits per heavy atom. The Hall–Kier alpha value is -2.02. The van der Waals surface area contributed by atoms with E-state index in [0.29, 0.717) is 5.71 Å². The second-order valence-corrected chi connectivity index (χ2v) is 5.67. The molecule has 0 radical (unpaired) electrons. The Kier molecular flexibility index (Phi) is 5.07. The molecule has 116 valence electrons. The highest BCUT2D eigenvalue weighted by atomic mass is 79.9. The van der Waals surface area contributed by atoms with Gasteiger partial charge in [-0.05, 0) is 54.4 Å². The summed E-state index contributed by atoms with van der Waals surface area (Å²) >= 11 is 3.42. The molecule has 0 aliphatic heterocycles. The molecule has 0 spiro atoms. The van der Waals surface area contributed by atoms with E-state index in [-0.39, 0.29) is 18.3 Å². The third-order valence-corrected chi connectivity index (χ3v) is 4.34. The fraction of sp³-hybridized carbons (Fsp3) is 0.267. The predicted molar refractivity (Wildman–Crippen MR) is 86.2 cm³/mol. The summed E-state index contributed by atoms with van der Waals surface area (Å²) in [6.45, 7) is 5.57. The third-order valence-electron chi connectivity index (χ3n) is 3.20. The Labute approximate surface area is 136 Å². The minimum absolute atomic E-state index is 0.0818. The third kappa shape index (κ3) is 3.79. The van der Waals surface area contributed by atoms with Crippen LogP contribution < -0.4 is 5.43 Å². The van der Waals surface area contributed by atoms with Crippen LogP contribution in [0.4, 0.5) is 4.39 Å². The van der Waals surface area contributed by atoms with Gasteiger partial charge >= 0.3 is 0 Å². The fourth-order valence-electron chi connectivity index (χ4n) is 1.90. The molecule has 1 aromatic carbocycles. The van der Waals surface area contributed by atoms with Crippen molar-refractivity contribution in [3.05, 3.63) is 51.5 Å². The zero-order valence-electron chi connectivity index (χ0n) is 12.5. The summed E-state index contributed by atoms with van der Waals surface area (Å²) in [5.41, 5.74) is 5.54. The summed E-state index contributed by atoms with van der Waals surface area (Å²) in [7, 11) is 0. The standard InChI is InChI=1S/C15H16BrFN4O/c1-9(12-4-6-13(17)7-5-12)18-19-14(22)8-21-11(3)15(16)10(2)20-21/h4-7H,8H2,1-3H3,(H,19,22). The van der Waals surface area contributed by atoms with Gasteiger partial charge in [-0.25, -0.2) is 9.82 Å². The number of halogens is 2. The van der Waals surface area contributed by atoms with E-state index in [0.717, 1.165) is 21.4 Å². The molecule has 0 aliphatic carbocycles. The van der Waals surface area contributed by atoms with Crippen LogP contribution >= 0.6 is 15.9 Å². The lowest BCUT2D eigenvalue weighted by molar-refractivity contribution is -0.121. The number of rotatable bonds is 4. The Morgan fingerprint density at radius 2 is 2.00 bits per heavy atom. The number of carbonyl (C=O) groups is 1. The van der Waals surface area contributed by atoms with Gasteiger partial charge in [0, 0.05) is 0 Å². The highest BCUT2D eigenvalue weighted by molar-refractivity contribution is 9.10. The van der Waals surface area contributed by atoms with Crippen molar-refractivity contribution < 1.29 is 9.18 Å². The minimum Gasteiger partial charge on any atom is -0.271 e. The molecule has 0 atom stereocenters. The van der Waals surface area contributed by atoms with Crippen LogP contribution in [0.25, 0.3) is 0 Å². The maximum absolute atomic E-state index is 12.9. The maximum Gasteiger partial charge on any atom is 0.261 e. The monoisotopic (exact) mass is 366 g/mol. The van der Waals surface area contributed by atoms with Crippen molar-refractivity contribution in [3.8, 4) is 0 Å². The van der Waals surface area contributed by atoms with Gasteiger partial charge in [-0.2, -0.15) is 10.2 Å². The van der Waals surface area contributed by atoms with Gasteiger partial charge in [0.25, 0.3) is 5.91 Å². The fourth-order valence-corrected chi connectivity index (χ4v) is 2.19. The van der Waals surface area contributed by atoms with Crippen LogP contribution in [0.15, 0.2) is 33.8 Å². The number of aryl methyl sites for hydroxylation is 1. The lowest BCUT2D eigenvalue weighted by Crippen LogP contribution is -2.25. The molecule has 0 unspecified atom stereocenters. The average Bonchev–Trinajstić information content (AvgIpc) is 2.73. The smallest absolute Gasteiger partial charge is 0.261 e. The van der Waals surface area contributed by atoms with E-state index >= 15 is 0 Å². The summed E-state index contributed by atoms with van der Waals surface area (Å²) < 4.78 is 15.4. The SMILES string of the molecule is CC(=NNC(=O)Cn1nc(C)c(Br)c1C)c1ccc(F)cc1. The largest absolute Gasteiger partial charge is 0.271 e. The first-order valence-electron chi connectivity index (χ1n) is 6.67. The first kappa shape index (κ1) is 16.4. The number of amides is 1. The van der Waals surface area contributed by atoms with Gasteiger partial charge in [-0.3, -0.25) is 9.48 Å². The van der Waals surface area contributed by atoms with E-state index in [1.807, 2.05) is 13.8 Å². The molecular formula is C15H16BrFN4O. The normalized spacial score (nSPS) is 11.6. The number of carbonyl (C=O) groups excluding carboxylic acids is 1. The summed E-state index contributed by atoms with van der Waals surface area (Å²) in [6, 6.07) is 5.92. The van der Waals surface area contributed by atoms with Crippen LogP contribution in [0.3, 0.4) is 0 Å². The van der Waals surface area contributed by atoms with E-state index < -0.39 is 0 Å². The summed E-state index contributed by atoms with van der Waals surface area (Å²) in [5.74, 6) is -0.588. The first-order chi connectivity index (χ1) is 10.4. The predicted octanol–water partition coefficient (Wildman–Crippen LogP) is 2.94. The van der Waals surface area contributed by atoms with Crippen molar-refractivity contribution in [2.24, 2.45) is 5.10 Å². The first-order valence-corrected chi connectivity index (χ1v) is 7.46. The highest BCUT2D eigenvalue weighted by Crippen LogP contribution is 2.19. The second kappa shape index (κ2) is 6.83. The molecule has 1 aromatic heterocycles. The number of aromatic nitrogens is 2. The van der Waals surface area contributed by atoms with Gasteiger partial charge in [0.05, 0.1) is 21.6 Å². The summed E-state index contributed by atoms with van der Waals surface area (Å²) in [5, 5.41) is 8.28. The van der Waals surface area contributed by atoms with Crippen molar-refractivity contribution in [2.45, 2.75) is 27.3 Å². The van der Waals surface area contributed by atoms with Gasteiger partial charge in [0.2, 0.25) is 0 Å². The summed E-state index contributed by atoms with van der Waals surface area (Å²) in [4.78, 5) is 11.9. The lowest BCUT2D eigenvalue weighted by atomic mass is 10.1. The lowest BCUT2D eigenvalue weighted by Gasteiger charge is -2.05. The van der Waals surface area contributed by atoms with Gasteiger partial charge in [-0.1, -0.05) is 12.1 Å². The molecule has 1 N–H and O–H groups in total. The van der Waals surface area contributed by atoms with Crippen LogP contribution in [0.1, 0.15) is 23.9 Å². The Bertz CT molecular complexity index is 722. The van der Waals surface area contributed by atoms with E-state index in [2.05, 4.69) is 31.6 Å². The molecular weight excluding hydrogens is 351 g/mol. The van der Waals surface area contributed by atoms with E-state index in [1.165, 1.54) is 12.1 Å². The summed E-state index contributed by atoms with van der Waals surface area (Å²) in [6.07, 6.45) is 0. The molecule has 0 bridgehead atoms. The number of hydrogen-bond acceptors (Lipinski definition) is 3. The molecule has 2 aromatic rings. The number of hydrogen-bond donors (Lipinski definition) is 1. The Balaban J connectivity index is 2.01. The maximum atomic E-state index is 12.9. The van der Waals surface area contributed by atoms with Gasteiger partial charge in [-0.15, -0.1) is 0 Å². The number of hydrazone groups is 1. The zero-order chi connectivity index (χ0) is 16.3.